The summed E-state index contributed by atoms with van der Waals surface area (Å²) in [5, 5.41) is 0. The van der Waals surface area contributed by atoms with E-state index in [0.29, 0.717) is 12.6 Å². The second-order valence-electron chi connectivity index (χ2n) is 4.48. The van der Waals surface area contributed by atoms with Gasteiger partial charge in [-0.2, -0.15) is 0 Å². The summed E-state index contributed by atoms with van der Waals surface area (Å²) in [6.07, 6.45) is 6.22. The molecule has 1 aliphatic rings. The third kappa shape index (κ3) is 2.73. The molecule has 81 valence electrons. The Kier molecular flexibility index (Phi) is 4.43. The fourth-order valence-corrected chi connectivity index (χ4v) is 2.20. The van der Waals surface area contributed by atoms with Crippen molar-refractivity contribution >= 4 is 5.91 Å². The zero-order chi connectivity index (χ0) is 10.6. The average Bonchev–Trinajstić information content (AvgIpc) is 2.20. The van der Waals surface area contributed by atoms with Crippen LogP contribution in [0.1, 0.15) is 46.0 Å². The minimum atomic E-state index is 0.110. The summed E-state index contributed by atoms with van der Waals surface area (Å²) in [7, 11) is 0. The molecule has 0 aliphatic heterocycles. The summed E-state index contributed by atoms with van der Waals surface area (Å²) in [6.45, 7) is 8.43. The quantitative estimate of drug-likeness (QED) is 0.679. The van der Waals surface area contributed by atoms with Crippen LogP contribution in [-0.2, 0) is 4.79 Å². The number of nitrogens with zero attached hydrogens (tertiary/aromatic N) is 1. The van der Waals surface area contributed by atoms with Crippen molar-refractivity contribution in [1.29, 1.82) is 0 Å². The molecule has 0 saturated heterocycles. The van der Waals surface area contributed by atoms with E-state index in [1.165, 1.54) is 32.1 Å². The van der Waals surface area contributed by atoms with Gasteiger partial charge in [-0.25, -0.2) is 0 Å². The number of carbonyl (C=O) groups is 1. The minimum Gasteiger partial charge on any atom is -0.339 e. The van der Waals surface area contributed by atoms with E-state index in [1.807, 2.05) is 18.7 Å². The smallest absolute Gasteiger partial charge is 0.225 e. The summed E-state index contributed by atoms with van der Waals surface area (Å²) >= 11 is 0. The predicted molar refractivity (Wildman–Crippen MR) is 58.8 cm³/mol. The Hall–Kier alpha value is -0.530. The van der Waals surface area contributed by atoms with Gasteiger partial charge in [0.15, 0.2) is 0 Å². The normalized spacial score (nSPS) is 18.6. The molecule has 0 aromatic heterocycles. The van der Waals surface area contributed by atoms with E-state index >= 15 is 0 Å². The molecular weight excluding hydrogens is 174 g/mol. The molecule has 2 nitrogen and oxygen atoms in total. The summed E-state index contributed by atoms with van der Waals surface area (Å²) in [5.74, 6) is 0.380. The van der Waals surface area contributed by atoms with E-state index in [-0.39, 0.29) is 11.8 Å². The molecule has 1 rings (SSSR count). The molecule has 0 bridgehead atoms. The summed E-state index contributed by atoms with van der Waals surface area (Å²) < 4.78 is 0. The van der Waals surface area contributed by atoms with Crippen LogP contribution in [0, 0.1) is 12.8 Å². The Labute approximate surface area is 87.7 Å². The lowest BCUT2D eigenvalue weighted by Crippen LogP contribution is -2.43. The molecule has 1 amide bonds. The maximum absolute atomic E-state index is 11.9. The highest BCUT2D eigenvalue weighted by atomic mass is 16.2. The van der Waals surface area contributed by atoms with Crippen LogP contribution in [0.5, 0.6) is 0 Å². The number of amides is 1. The molecular formula is C12H22NO. The van der Waals surface area contributed by atoms with Gasteiger partial charge < -0.3 is 4.90 Å². The number of hydrogen-bond donors (Lipinski definition) is 0. The second kappa shape index (κ2) is 5.38. The molecule has 2 heteroatoms. The molecule has 1 aliphatic carbocycles. The Bertz CT molecular complexity index is 183. The van der Waals surface area contributed by atoms with Gasteiger partial charge in [-0.15, -0.1) is 0 Å². The van der Waals surface area contributed by atoms with Gasteiger partial charge >= 0.3 is 0 Å². The van der Waals surface area contributed by atoms with Gasteiger partial charge in [0.25, 0.3) is 0 Å². The maximum atomic E-state index is 11.9. The predicted octanol–water partition coefficient (Wildman–Crippen LogP) is 2.64. The van der Waals surface area contributed by atoms with Crippen LogP contribution in [0.3, 0.4) is 0 Å². The summed E-state index contributed by atoms with van der Waals surface area (Å²) in [5.41, 5.74) is 0. The lowest BCUT2D eigenvalue weighted by molar-refractivity contribution is -0.136. The Balaban J connectivity index is 2.55. The SMILES string of the molecule is [CH2]CN(C(=O)C(C)C)C1CCCCC1. The van der Waals surface area contributed by atoms with Gasteiger partial charge in [-0.05, 0) is 19.8 Å². The first-order chi connectivity index (χ1) is 6.66. The highest BCUT2D eigenvalue weighted by molar-refractivity contribution is 5.78. The molecule has 1 radical (unpaired) electrons. The minimum absolute atomic E-state index is 0.110. The first kappa shape index (κ1) is 11.5. The van der Waals surface area contributed by atoms with Crippen LogP contribution in [0.2, 0.25) is 0 Å². The largest absolute Gasteiger partial charge is 0.339 e. The molecule has 0 spiro atoms. The van der Waals surface area contributed by atoms with Gasteiger partial charge in [-0.1, -0.05) is 33.1 Å². The fourth-order valence-electron chi connectivity index (χ4n) is 2.20. The highest BCUT2D eigenvalue weighted by Crippen LogP contribution is 2.23. The van der Waals surface area contributed by atoms with E-state index in [2.05, 4.69) is 6.92 Å². The van der Waals surface area contributed by atoms with Gasteiger partial charge in [0.2, 0.25) is 5.91 Å². The average molecular weight is 196 g/mol. The maximum Gasteiger partial charge on any atom is 0.225 e. The van der Waals surface area contributed by atoms with E-state index in [0.717, 1.165) is 0 Å². The molecule has 0 heterocycles. The van der Waals surface area contributed by atoms with Crippen molar-refractivity contribution in [2.75, 3.05) is 6.54 Å². The van der Waals surface area contributed by atoms with Gasteiger partial charge in [0, 0.05) is 18.5 Å². The van der Waals surface area contributed by atoms with Gasteiger partial charge in [0.05, 0.1) is 0 Å². The first-order valence-electron chi connectivity index (χ1n) is 5.76. The Morgan fingerprint density at radius 3 is 2.36 bits per heavy atom. The van der Waals surface area contributed by atoms with Crippen LogP contribution in [0.25, 0.3) is 0 Å². The summed E-state index contributed by atoms with van der Waals surface area (Å²) in [4.78, 5) is 13.8. The van der Waals surface area contributed by atoms with Gasteiger partial charge in [-0.3, -0.25) is 4.79 Å². The number of carbonyl (C=O) groups excluding carboxylic acids is 1. The zero-order valence-electron chi connectivity index (χ0n) is 9.46. The van der Waals surface area contributed by atoms with E-state index in [4.69, 9.17) is 0 Å². The molecule has 0 aromatic carbocycles. The van der Waals surface area contributed by atoms with Crippen molar-refractivity contribution in [3.63, 3.8) is 0 Å². The molecule has 1 saturated carbocycles. The lowest BCUT2D eigenvalue weighted by atomic mass is 9.93. The van der Waals surface area contributed by atoms with Crippen LogP contribution >= 0.6 is 0 Å². The standard InChI is InChI=1S/C12H22NO/c1-4-13(12(14)10(2)3)11-8-6-5-7-9-11/h10-11H,1,4-9H2,2-3H3. The lowest BCUT2D eigenvalue weighted by Gasteiger charge is -2.34. The van der Waals surface area contributed by atoms with Crippen molar-refractivity contribution in [2.24, 2.45) is 5.92 Å². The molecule has 0 aromatic rings. The van der Waals surface area contributed by atoms with E-state index in [1.54, 1.807) is 0 Å². The number of hydrogen-bond acceptors (Lipinski definition) is 1. The van der Waals surface area contributed by atoms with E-state index in [9.17, 15) is 4.79 Å². The van der Waals surface area contributed by atoms with Crippen molar-refractivity contribution in [3.8, 4) is 0 Å². The van der Waals surface area contributed by atoms with Crippen molar-refractivity contribution < 1.29 is 4.79 Å². The number of rotatable bonds is 3. The third-order valence-electron chi connectivity index (χ3n) is 3.03. The van der Waals surface area contributed by atoms with Crippen molar-refractivity contribution in [3.05, 3.63) is 6.92 Å². The fraction of sp³-hybridized carbons (Fsp3) is 0.833. The van der Waals surface area contributed by atoms with Crippen molar-refractivity contribution in [2.45, 2.75) is 52.0 Å². The van der Waals surface area contributed by atoms with Crippen LogP contribution in [0.4, 0.5) is 0 Å². The molecule has 1 fully saturated rings. The Morgan fingerprint density at radius 2 is 1.93 bits per heavy atom. The monoisotopic (exact) mass is 196 g/mol. The van der Waals surface area contributed by atoms with Crippen LogP contribution < -0.4 is 0 Å². The highest BCUT2D eigenvalue weighted by Gasteiger charge is 2.25. The first-order valence-corrected chi connectivity index (χ1v) is 5.76. The van der Waals surface area contributed by atoms with E-state index < -0.39 is 0 Å². The van der Waals surface area contributed by atoms with Crippen LogP contribution in [-0.4, -0.2) is 23.4 Å². The molecule has 14 heavy (non-hydrogen) atoms. The zero-order valence-corrected chi connectivity index (χ0v) is 9.46. The van der Waals surface area contributed by atoms with Crippen molar-refractivity contribution in [1.82, 2.24) is 4.90 Å². The van der Waals surface area contributed by atoms with Crippen LogP contribution in [0.15, 0.2) is 0 Å². The molecule has 0 atom stereocenters. The topological polar surface area (TPSA) is 20.3 Å². The third-order valence-corrected chi connectivity index (χ3v) is 3.03. The molecule has 0 unspecified atom stereocenters. The Morgan fingerprint density at radius 1 is 1.36 bits per heavy atom. The molecule has 0 N–H and O–H groups in total. The van der Waals surface area contributed by atoms with Gasteiger partial charge in [0.1, 0.15) is 0 Å². The second-order valence-corrected chi connectivity index (χ2v) is 4.48. The summed E-state index contributed by atoms with van der Waals surface area (Å²) in [6, 6.07) is 0.469.